The molecule has 0 bridgehead atoms. The molecule has 0 radical (unpaired) electrons. The third-order valence-electron chi connectivity index (χ3n) is 2.90. The zero-order chi connectivity index (χ0) is 14.8. The van der Waals surface area contributed by atoms with E-state index in [4.69, 9.17) is 0 Å². The summed E-state index contributed by atoms with van der Waals surface area (Å²) < 4.78 is 1.03. The van der Waals surface area contributed by atoms with Crippen molar-refractivity contribution in [1.29, 1.82) is 0 Å². The van der Waals surface area contributed by atoms with Gasteiger partial charge in [-0.25, -0.2) is 14.6 Å². The number of fused-ring (bicyclic) bond motifs is 1. The van der Waals surface area contributed by atoms with E-state index in [1.165, 1.54) is 18.7 Å². The van der Waals surface area contributed by atoms with Gasteiger partial charge in [-0.1, -0.05) is 12.1 Å². The number of nitrogens with zero attached hydrogens (tertiary/aromatic N) is 4. The molecule has 2 aromatic heterocycles. The van der Waals surface area contributed by atoms with E-state index < -0.39 is 5.91 Å². The molecule has 0 saturated carbocycles. The van der Waals surface area contributed by atoms with Gasteiger partial charge < -0.3 is 0 Å². The Bertz CT molecular complexity index is 870. The average molecular weight is 281 g/mol. The number of hydrogen-bond acceptors (Lipinski definition) is 5. The Kier molecular flexibility index (Phi) is 3.15. The highest BCUT2D eigenvalue weighted by atomic mass is 16.2. The van der Waals surface area contributed by atoms with Gasteiger partial charge in [-0.3, -0.25) is 20.0 Å². The highest BCUT2D eigenvalue weighted by molar-refractivity contribution is 5.98. The van der Waals surface area contributed by atoms with Crippen LogP contribution in [0.15, 0.2) is 47.8 Å². The summed E-state index contributed by atoms with van der Waals surface area (Å²) in [7, 11) is 0. The number of carbonyl (C=O) groups excluding carboxylic acids is 1. The van der Waals surface area contributed by atoms with Gasteiger partial charge in [0.15, 0.2) is 0 Å². The van der Waals surface area contributed by atoms with Crippen LogP contribution in [0.25, 0.3) is 10.9 Å². The van der Waals surface area contributed by atoms with E-state index in [1.54, 1.807) is 31.2 Å². The minimum atomic E-state index is -0.526. The SMILES string of the molecule is Cc1cnc(C(=O)Nn2cnc3ccccc3c2=O)cn1. The summed E-state index contributed by atoms with van der Waals surface area (Å²) in [4.78, 5) is 36.3. The quantitative estimate of drug-likeness (QED) is 0.753. The summed E-state index contributed by atoms with van der Waals surface area (Å²) >= 11 is 0. The van der Waals surface area contributed by atoms with Crippen molar-refractivity contribution < 1.29 is 4.79 Å². The lowest BCUT2D eigenvalue weighted by Gasteiger charge is -2.07. The third-order valence-corrected chi connectivity index (χ3v) is 2.90. The van der Waals surface area contributed by atoms with Crippen molar-refractivity contribution in [3.8, 4) is 0 Å². The van der Waals surface area contributed by atoms with Crippen molar-refractivity contribution in [1.82, 2.24) is 19.6 Å². The number of hydrogen-bond donors (Lipinski definition) is 1. The first kappa shape index (κ1) is 12.9. The van der Waals surface area contributed by atoms with E-state index in [2.05, 4.69) is 20.4 Å². The Morgan fingerprint density at radius 2 is 1.95 bits per heavy atom. The van der Waals surface area contributed by atoms with E-state index in [1.807, 2.05) is 0 Å². The van der Waals surface area contributed by atoms with Gasteiger partial charge in [-0.2, -0.15) is 0 Å². The summed E-state index contributed by atoms with van der Waals surface area (Å²) in [5, 5.41) is 0.426. The maximum atomic E-state index is 12.2. The van der Waals surface area contributed by atoms with E-state index >= 15 is 0 Å². The van der Waals surface area contributed by atoms with Crippen LogP contribution in [0.2, 0.25) is 0 Å². The molecule has 7 heteroatoms. The molecule has 3 aromatic rings. The highest BCUT2D eigenvalue weighted by Gasteiger charge is 2.10. The first-order valence-corrected chi connectivity index (χ1v) is 6.21. The van der Waals surface area contributed by atoms with Gasteiger partial charge in [0, 0.05) is 6.20 Å². The second-order valence-electron chi connectivity index (χ2n) is 4.42. The zero-order valence-electron chi connectivity index (χ0n) is 11.1. The maximum absolute atomic E-state index is 12.2. The summed E-state index contributed by atoms with van der Waals surface area (Å²) in [6, 6.07) is 6.91. The smallest absolute Gasteiger partial charge is 0.267 e. The van der Waals surface area contributed by atoms with Crippen LogP contribution in [0.4, 0.5) is 0 Å². The molecule has 0 unspecified atom stereocenters. The second-order valence-corrected chi connectivity index (χ2v) is 4.42. The van der Waals surface area contributed by atoms with Crippen LogP contribution in [0.5, 0.6) is 0 Å². The summed E-state index contributed by atoms with van der Waals surface area (Å²) in [5.41, 5.74) is 3.49. The number of nitrogens with one attached hydrogen (secondary N) is 1. The van der Waals surface area contributed by atoms with Crippen LogP contribution in [0.3, 0.4) is 0 Å². The molecule has 0 fully saturated rings. The Hall–Kier alpha value is -3.09. The third kappa shape index (κ3) is 2.48. The Labute approximate surface area is 119 Å². The number of aromatic nitrogens is 4. The van der Waals surface area contributed by atoms with Crippen molar-refractivity contribution in [2.75, 3.05) is 5.43 Å². The Morgan fingerprint density at radius 3 is 2.71 bits per heavy atom. The molecule has 0 atom stereocenters. The summed E-state index contributed by atoms with van der Waals surface area (Å²) in [5.74, 6) is -0.526. The summed E-state index contributed by atoms with van der Waals surface area (Å²) in [6.07, 6.45) is 4.10. The molecule has 1 amide bonds. The van der Waals surface area contributed by atoms with Gasteiger partial charge in [-0.15, -0.1) is 0 Å². The van der Waals surface area contributed by atoms with Crippen LogP contribution in [-0.4, -0.2) is 25.5 Å². The van der Waals surface area contributed by atoms with Crippen molar-refractivity contribution in [2.45, 2.75) is 6.92 Å². The number of rotatable bonds is 2. The van der Waals surface area contributed by atoms with E-state index in [9.17, 15) is 9.59 Å². The van der Waals surface area contributed by atoms with Gasteiger partial charge >= 0.3 is 0 Å². The van der Waals surface area contributed by atoms with E-state index in [0.717, 1.165) is 4.68 Å². The molecule has 21 heavy (non-hydrogen) atoms. The topological polar surface area (TPSA) is 89.8 Å². The van der Waals surface area contributed by atoms with E-state index in [-0.39, 0.29) is 11.3 Å². The fraction of sp³-hybridized carbons (Fsp3) is 0.0714. The first-order valence-electron chi connectivity index (χ1n) is 6.21. The number of para-hydroxylation sites is 1. The zero-order valence-corrected chi connectivity index (χ0v) is 11.1. The molecule has 1 aromatic carbocycles. The van der Waals surface area contributed by atoms with Crippen molar-refractivity contribution in [3.63, 3.8) is 0 Å². The maximum Gasteiger partial charge on any atom is 0.290 e. The van der Waals surface area contributed by atoms with Crippen LogP contribution in [0, 0.1) is 6.92 Å². The normalized spacial score (nSPS) is 10.5. The minimum absolute atomic E-state index is 0.126. The van der Waals surface area contributed by atoms with Crippen molar-refractivity contribution in [2.24, 2.45) is 0 Å². The van der Waals surface area contributed by atoms with Crippen LogP contribution >= 0.6 is 0 Å². The largest absolute Gasteiger partial charge is 0.290 e. The van der Waals surface area contributed by atoms with Gasteiger partial charge in [0.05, 0.1) is 22.8 Å². The van der Waals surface area contributed by atoms with E-state index in [0.29, 0.717) is 16.6 Å². The van der Waals surface area contributed by atoms with Crippen LogP contribution in [0.1, 0.15) is 16.2 Å². The standard InChI is InChI=1S/C14H11N5O2/c1-9-6-16-12(7-15-9)13(20)18-19-8-17-11-5-3-2-4-10(11)14(19)21/h2-8H,1H3,(H,18,20). The number of carbonyl (C=O) groups is 1. The Morgan fingerprint density at radius 1 is 1.14 bits per heavy atom. The Balaban J connectivity index is 1.95. The first-order chi connectivity index (χ1) is 10.1. The predicted octanol–water partition coefficient (Wildman–Crippen LogP) is 0.879. The number of aryl methyl sites for hydroxylation is 1. The van der Waals surface area contributed by atoms with Gasteiger partial charge in [-0.05, 0) is 19.1 Å². The molecule has 0 spiro atoms. The molecule has 0 aliphatic heterocycles. The molecule has 0 aliphatic carbocycles. The second kappa shape index (κ2) is 5.12. The van der Waals surface area contributed by atoms with Crippen molar-refractivity contribution >= 4 is 16.8 Å². The predicted molar refractivity (Wildman–Crippen MR) is 76.5 cm³/mol. The minimum Gasteiger partial charge on any atom is -0.267 e. The molecule has 3 rings (SSSR count). The number of benzene rings is 1. The lowest BCUT2D eigenvalue weighted by molar-refractivity contribution is 0.100. The van der Waals surface area contributed by atoms with Gasteiger partial charge in [0.2, 0.25) is 0 Å². The average Bonchev–Trinajstić information content (AvgIpc) is 2.51. The molecule has 0 saturated heterocycles. The van der Waals surface area contributed by atoms with Gasteiger partial charge in [0.25, 0.3) is 11.5 Å². The molecular formula is C14H11N5O2. The summed E-state index contributed by atoms with van der Waals surface area (Å²) in [6.45, 7) is 1.77. The number of amides is 1. The van der Waals surface area contributed by atoms with Crippen LogP contribution < -0.4 is 11.0 Å². The molecule has 7 nitrogen and oxygen atoms in total. The molecule has 0 aliphatic rings. The molecule has 2 heterocycles. The monoisotopic (exact) mass is 281 g/mol. The molecule has 104 valence electrons. The fourth-order valence-corrected chi connectivity index (χ4v) is 1.83. The van der Waals surface area contributed by atoms with Gasteiger partial charge in [0.1, 0.15) is 12.0 Å². The fourth-order valence-electron chi connectivity index (χ4n) is 1.83. The van der Waals surface area contributed by atoms with Crippen LogP contribution in [-0.2, 0) is 0 Å². The molecule has 1 N–H and O–H groups in total. The van der Waals surface area contributed by atoms with Crippen molar-refractivity contribution in [3.05, 3.63) is 64.7 Å². The highest BCUT2D eigenvalue weighted by Crippen LogP contribution is 2.04. The molecular weight excluding hydrogens is 270 g/mol. The lowest BCUT2D eigenvalue weighted by atomic mass is 10.2. The lowest BCUT2D eigenvalue weighted by Crippen LogP contribution is -2.33.